The van der Waals surface area contributed by atoms with Crippen LogP contribution in [0.3, 0.4) is 0 Å². The topological polar surface area (TPSA) is 113 Å². The maximum Gasteiger partial charge on any atom is 0.330 e. The number of nitrogens with one attached hydrogen (secondary N) is 1. The Bertz CT molecular complexity index is 498. The number of carbonyl (C=O) groups excluding carboxylic acids is 3. The molecule has 1 heterocycles. The van der Waals surface area contributed by atoms with Crippen molar-refractivity contribution in [2.45, 2.75) is 30.6 Å². The molecule has 1 aliphatic heterocycles. The van der Waals surface area contributed by atoms with Crippen LogP contribution in [0.5, 0.6) is 0 Å². The lowest BCUT2D eigenvalue weighted by Crippen LogP contribution is -2.66. The van der Waals surface area contributed by atoms with Crippen molar-refractivity contribution in [1.29, 1.82) is 0 Å². The van der Waals surface area contributed by atoms with Crippen molar-refractivity contribution in [2.24, 2.45) is 0 Å². The Morgan fingerprint density at radius 3 is 2.68 bits per heavy atom. The molecule has 1 rings (SSSR count). The second kappa shape index (κ2) is 8.00. The summed E-state index contributed by atoms with van der Waals surface area (Å²) in [5, 5.41) is 11.6. The average molecular weight is 353 g/mol. The Morgan fingerprint density at radius 1 is 1.59 bits per heavy atom. The Kier molecular flexibility index (Phi) is 6.63. The molecule has 0 aliphatic carbocycles. The molecule has 0 aromatic heterocycles. The van der Waals surface area contributed by atoms with Crippen LogP contribution in [0.25, 0.3) is 0 Å². The lowest BCUT2D eigenvalue weighted by molar-refractivity contribution is -0.162. The van der Waals surface area contributed by atoms with Crippen LogP contribution in [0.15, 0.2) is 12.2 Å². The van der Waals surface area contributed by atoms with Gasteiger partial charge in [0.15, 0.2) is 11.6 Å². The first-order chi connectivity index (χ1) is 10.3. The zero-order valence-electron chi connectivity index (χ0n) is 11.3. The first kappa shape index (κ1) is 18.2. The highest BCUT2D eigenvalue weighted by Gasteiger charge is 2.45. The fourth-order valence-corrected chi connectivity index (χ4v) is 2.27. The molecule has 8 nitrogen and oxygen atoms in total. The molecule has 2 amide bonds. The molecule has 1 saturated heterocycles. The van der Waals surface area contributed by atoms with Gasteiger partial charge in [-0.3, -0.25) is 14.4 Å². The number of ether oxygens (including phenoxy) is 1. The number of amides is 2. The highest BCUT2D eigenvalue weighted by Crippen LogP contribution is 2.25. The van der Waals surface area contributed by atoms with Crippen molar-refractivity contribution in [3.63, 3.8) is 0 Å². The molecular weight excluding hydrogens is 339 g/mol. The number of hydrogen-bond donors (Lipinski definition) is 2. The molecule has 0 aromatic carbocycles. The summed E-state index contributed by atoms with van der Waals surface area (Å²) in [6.07, 6.45) is -1.18. The van der Waals surface area contributed by atoms with Crippen molar-refractivity contribution >= 4 is 47.5 Å². The number of carbonyl (C=O) groups is 4. The standard InChI is InChI=1S/C12H14Cl2N2O6/c1-6(4-13)11(12(20)21)16-8(3-10(16)19)15-9(18)2-7(14)22-5-17/h5,7-8,11H,1-4H2,(H,15,18)(H,20,21). The lowest BCUT2D eigenvalue weighted by Gasteiger charge is -2.44. The molecule has 3 unspecified atom stereocenters. The molecule has 0 bridgehead atoms. The van der Waals surface area contributed by atoms with E-state index in [1.807, 2.05) is 0 Å². The number of β-lactam (4-membered cyclic amide) rings is 1. The van der Waals surface area contributed by atoms with E-state index < -0.39 is 35.6 Å². The summed E-state index contributed by atoms with van der Waals surface area (Å²) in [4.78, 5) is 45.7. The van der Waals surface area contributed by atoms with Gasteiger partial charge in [-0.05, 0) is 5.57 Å². The van der Waals surface area contributed by atoms with Gasteiger partial charge in [0, 0.05) is 5.88 Å². The van der Waals surface area contributed by atoms with Crippen LogP contribution in [0.1, 0.15) is 12.8 Å². The molecule has 0 aromatic rings. The molecule has 0 radical (unpaired) electrons. The number of aliphatic carboxylic acids is 1. The van der Waals surface area contributed by atoms with E-state index in [9.17, 15) is 24.3 Å². The molecule has 1 aliphatic rings. The molecule has 10 heteroatoms. The monoisotopic (exact) mass is 352 g/mol. The third-order valence-electron chi connectivity index (χ3n) is 2.94. The molecule has 122 valence electrons. The van der Waals surface area contributed by atoms with Crippen LogP contribution in [-0.4, -0.2) is 57.9 Å². The summed E-state index contributed by atoms with van der Waals surface area (Å²) in [5.41, 5.74) is -1.02. The van der Waals surface area contributed by atoms with Gasteiger partial charge >= 0.3 is 5.97 Å². The predicted molar refractivity (Wildman–Crippen MR) is 76.1 cm³/mol. The van der Waals surface area contributed by atoms with Gasteiger partial charge in [0.05, 0.1) is 12.8 Å². The fourth-order valence-electron chi connectivity index (χ4n) is 1.94. The largest absolute Gasteiger partial charge is 0.479 e. The third-order valence-corrected chi connectivity index (χ3v) is 3.54. The van der Waals surface area contributed by atoms with E-state index in [0.29, 0.717) is 0 Å². The van der Waals surface area contributed by atoms with Gasteiger partial charge in [0.1, 0.15) is 6.17 Å². The lowest BCUT2D eigenvalue weighted by atomic mass is 10.0. The maximum atomic E-state index is 11.7. The minimum absolute atomic E-state index is 0.0490. The van der Waals surface area contributed by atoms with E-state index >= 15 is 0 Å². The van der Waals surface area contributed by atoms with Crippen molar-refractivity contribution in [3.05, 3.63) is 12.2 Å². The molecular formula is C12H14Cl2N2O6. The zero-order chi connectivity index (χ0) is 16.9. The zero-order valence-corrected chi connectivity index (χ0v) is 12.8. The summed E-state index contributed by atoms with van der Waals surface area (Å²) in [6.45, 7) is 3.63. The van der Waals surface area contributed by atoms with Crippen molar-refractivity contribution < 1.29 is 29.0 Å². The van der Waals surface area contributed by atoms with E-state index in [0.717, 1.165) is 4.90 Å². The van der Waals surface area contributed by atoms with Crippen LogP contribution >= 0.6 is 23.2 Å². The van der Waals surface area contributed by atoms with Crippen LogP contribution < -0.4 is 5.32 Å². The Labute approximate surface area is 136 Å². The summed E-state index contributed by atoms with van der Waals surface area (Å²) >= 11 is 11.1. The van der Waals surface area contributed by atoms with E-state index in [4.69, 9.17) is 23.2 Å². The second-order valence-electron chi connectivity index (χ2n) is 4.47. The summed E-state index contributed by atoms with van der Waals surface area (Å²) < 4.78 is 4.35. The van der Waals surface area contributed by atoms with Crippen LogP contribution in [0, 0.1) is 0 Å². The number of rotatable bonds is 9. The maximum absolute atomic E-state index is 11.7. The number of carboxylic acid groups (broad SMARTS) is 1. The molecule has 22 heavy (non-hydrogen) atoms. The van der Waals surface area contributed by atoms with Crippen LogP contribution in [0.2, 0.25) is 0 Å². The van der Waals surface area contributed by atoms with E-state index in [1.54, 1.807) is 0 Å². The van der Waals surface area contributed by atoms with E-state index in [2.05, 4.69) is 16.6 Å². The quantitative estimate of drug-likeness (QED) is 0.262. The summed E-state index contributed by atoms with van der Waals surface area (Å²) in [5.74, 6) is -2.48. The minimum Gasteiger partial charge on any atom is -0.479 e. The number of alkyl halides is 2. The summed E-state index contributed by atoms with van der Waals surface area (Å²) in [7, 11) is 0. The Morgan fingerprint density at radius 2 is 2.23 bits per heavy atom. The molecule has 2 N–H and O–H groups in total. The van der Waals surface area contributed by atoms with Crippen molar-refractivity contribution in [3.8, 4) is 0 Å². The van der Waals surface area contributed by atoms with Crippen LogP contribution in [-0.2, 0) is 23.9 Å². The smallest absolute Gasteiger partial charge is 0.330 e. The highest BCUT2D eigenvalue weighted by atomic mass is 35.5. The van der Waals surface area contributed by atoms with Crippen LogP contribution in [0.4, 0.5) is 0 Å². The van der Waals surface area contributed by atoms with Gasteiger partial charge in [-0.2, -0.15) is 0 Å². The van der Waals surface area contributed by atoms with Gasteiger partial charge in [0.2, 0.25) is 11.8 Å². The van der Waals surface area contributed by atoms with Gasteiger partial charge in [-0.15, -0.1) is 11.6 Å². The van der Waals surface area contributed by atoms with Gasteiger partial charge < -0.3 is 20.1 Å². The first-order valence-corrected chi connectivity index (χ1v) is 7.09. The number of carboxylic acids is 1. The number of likely N-dealkylation sites (tertiary alicyclic amines) is 1. The van der Waals surface area contributed by atoms with Gasteiger partial charge in [-0.25, -0.2) is 4.79 Å². The normalized spacial score (nSPS) is 19.6. The first-order valence-electron chi connectivity index (χ1n) is 6.12. The minimum atomic E-state index is -1.32. The molecule has 0 spiro atoms. The van der Waals surface area contributed by atoms with Crippen molar-refractivity contribution in [2.75, 3.05) is 5.88 Å². The molecule has 3 atom stereocenters. The summed E-state index contributed by atoms with van der Waals surface area (Å²) in [6, 6.07) is -1.32. The molecule has 0 saturated carbocycles. The third kappa shape index (κ3) is 4.35. The van der Waals surface area contributed by atoms with Gasteiger partial charge in [0.25, 0.3) is 6.47 Å². The number of hydrogen-bond acceptors (Lipinski definition) is 5. The van der Waals surface area contributed by atoms with E-state index in [-0.39, 0.29) is 30.8 Å². The van der Waals surface area contributed by atoms with E-state index in [1.165, 1.54) is 0 Å². The molecule has 1 fully saturated rings. The highest BCUT2D eigenvalue weighted by molar-refractivity contribution is 6.21. The predicted octanol–water partition coefficient (Wildman–Crippen LogP) is 0.0372. The Balaban J connectivity index is 2.70. The number of halogens is 2. The second-order valence-corrected chi connectivity index (χ2v) is 5.22. The SMILES string of the molecule is C=C(CCl)C(C(=O)O)N1C(=O)CC1NC(=O)CC(Cl)OC=O. The fraction of sp³-hybridized carbons (Fsp3) is 0.500. The average Bonchev–Trinajstić information content (AvgIpc) is 2.43. The Hall–Kier alpha value is -1.80. The number of nitrogens with zero attached hydrogens (tertiary/aromatic N) is 1. The van der Waals surface area contributed by atoms with Gasteiger partial charge in [-0.1, -0.05) is 18.2 Å². The van der Waals surface area contributed by atoms with Crippen molar-refractivity contribution in [1.82, 2.24) is 10.2 Å².